The summed E-state index contributed by atoms with van der Waals surface area (Å²) in [5.41, 5.74) is 1.25. The molecule has 0 saturated carbocycles. The summed E-state index contributed by atoms with van der Waals surface area (Å²) in [7, 11) is 2.12. The molecule has 19 heavy (non-hydrogen) atoms. The molecular weight excluding hydrogens is 240 g/mol. The number of benzene rings is 1. The van der Waals surface area contributed by atoms with E-state index in [2.05, 4.69) is 36.3 Å². The van der Waals surface area contributed by atoms with Gasteiger partial charge >= 0.3 is 0 Å². The van der Waals surface area contributed by atoms with Crippen molar-refractivity contribution in [1.82, 2.24) is 10.2 Å². The molecule has 1 unspecified atom stereocenters. The highest BCUT2D eigenvalue weighted by Gasteiger charge is 2.18. The van der Waals surface area contributed by atoms with Gasteiger partial charge in [0.2, 0.25) is 0 Å². The Morgan fingerprint density at radius 1 is 1.47 bits per heavy atom. The van der Waals surface area contributed by atoms with Crippen LogP contribution in [0.1, 0.15) is 12.5 Å². The Hall–Kier alpha value is -1.10. The van der Waals surface area contributed by atoms with Gasteiger partial charge in [-0.25, -0.2) is 0 Å². The summed E-state index contributed by atoms with van der Waals surface area (Å²) in [4.78, 5) is 2.28. The molecule has 1 aliphatic heterocycles. The molecule has 106 valence electrons. The monoisotopic (exact) mass is 264 g/mol. The highest BCUT2D eigenvalue weighted by atomic mass is 16.5. The standard InChI is InChI=1S/C15H24N2O2/c1-3-16-10-13-5-4-6-14(9-13)19-12-15-11-17(2)7-8-18-15/h4-6,9,15-16H,3,7-8,10-12H2,1-2H3. The van der Waals surface area contributed by atoms with Gasteiger partial charge in [0.25, 0.3) is 0 Å². The Kier molecular flexibility index (Phi) is 5.63. The molecule has 2 rings (SSSR count). The average molecular weight is 264 g/mol. The molecule has 1 fully saturated rings. The Bertz CT molecular complexity index is 384. The van der Waals surface area contributed by atoms with E-state index in [0.29, 0.717) is 6.61 Å². The van der Waals surface area contributed by atoms with Gasteiger partial charge in [-0.05, 0) is 31.3 Å². The number of ether oxygens (including phenoxy) is 2. The SMILES string of the molecule is CCNCc1cccc(OCC2CN(C)CCO2)c1. The molecule has 1 aromatic carbocycles. The molecule has 1 heterocycles. The first-order valence-corrected chi connectivity index (χ1v) is 7.00. The Morgan fingerprint density at radius 2 is 2.37 bits per heavy atom. The molecule has 1 saturated heterocycles. The average Bonchev–Trinajstić information content (AvgIpc) is 2.43. The largest absolute Gasteiger partial charge is 0.491 e. The van der Waals surface area contributed by atoms with E-state index in [1.807, 2.05) is 12.1 Å². The van der Waals surface area contributed by atoms with E-state index < -0.39 is 0 Å². The zero-order valence-corrected chi connectivity index (χ0v) is 11.9. The van der Waals surface area contributed by atoms with Crippen molar-refractivity contribution < 1.29 is 9.47 Å². The van der Waals surface area contributed by atoms with E-state index in [4.69, 9.17) is 9.47 Å². The second-order valence-electron chi connectivity index (χ2n) is 4.99. The highest BCUT2D eigenvalue weighted by molar-refractivity contribution is 5.28. The molecule has 1 aliphatic rings. The zero-order chi connectivity index (χ0) is 13.5. The number of hydrogen-bond acceptors (Lipinski definition) is 4. The summed E-state index contributed by atoms with van der Waals surface area (Å²) in [5, 5.41) is 3.32. The molecule has 1 N–H and O–H groups in total. The maximum absolute atomic E-state index is 5.83. The van der Waals surface area contributed by atoms with Gasteiger partial charge in [-0.15, -0.1) is 0 Å². The lowest BCUT2D eigenvalue weighted by Gasteiger charge is -2.29. The third-order valence-corrected chi connectivity index (χ3v) is 3.26. The minimum absolute atomic E-state index is 0.177. The van der Waals surface area contributed by atoms with Crippen LogP contribution in [0, 0.1) is 0 Å². The predicted molar refractivity (Wildman–Crippen MR) is 76.6 cm³/mol. The van der Waals surface area contributed by atoms with Gasteiger partial charge in [0.05, 0.1) is 6.61 Å². The first kappa shape index (κ1) is 14.3. The normalized spacial score (nSPS) is 20.4. The van der Waals surface area contributed by atoms with Crippen molar-refractivity contribution in [2.75, 3.05) is 39.9 Å². The lowest BCUT2D eigenvalue weighted by atomic mass is 10.2. The molecule has 1 aromatic rings. The van der Waals surface area contributed by atoms with E-state index in [9.17, 15) is 0 Å². The molecular formula is C15H24N2O2. The van der Waals surface area contributed by atoms with Crippen molar-refractivity contribution >= 4 is 0 Å². The van der Waals surface area contributed by atoms with E-state index >= 15 is 0 Å². The number of rotatable bonds is 6. The second-order valence-corrected chi connectivity index (χ2v) is 4.99. The minimum atomic E-state index is 0.177. The van der Waals surface area contributed by atoms with Crippen LogP contribution in [-0.4, -0.2) is 50.9 Å². The summed E-state index contributed by atoms with van der Waals surface area (Å²) in [6.45, 7) is 7.34. The van der Waals surface area contributed by atoms with E-state index in [1.165, 1.54) is 5.56 Å². The molecule has 0 radical (unpaired) electrons. The van der Waals surface area contributed by atoms with Crippen LogP contribution in [0.4, 0.5) is 0 Å². The fraction of sp³-hybridized carbons (Fsp3) is 0.600. The number of hydrogen-bond donors (Lipinski definition) is 1. The van der Waals surface area contributed by atoms with Crippen LogP contribution in [0.25, 0.3) is 0 Å². The number of nitrogens with one attached hydrogen (secondary N) is 1. The van der Waals surface area contributed by atoms with Gasteiger partial charge in [-0.1, -0.05) is 19.1 Å². The molecule has 0 bridgehead atoms. The topological polar surface area (TPSA) is 33.7 Å². The second kappa shape index (κ2) is 7.48. The smallest absolute Gasteiger partial charge is 0.119 e. The molecule has 0 aliphatic carbocycles. The van der Waals surface area contributed by atoms with Crippen molar-refractivity contribution in [2.45, 2.75) is 19.6 Å². The third-order valence-electron chi connectivity index (χ3n) is 3.26. The first-order valence-electron chi connectivity index (χ1n) is 7.00. The Labute approximate surface area is 115 Å². The van der Waals surface area contributed by atoms with Crippen LogP contribution >= 0.6 is 0 Å². The summed E-state index contributed by atoms with van der Waals surface area (Å²) < 4.78 is 11.5. The molecule has 4 heteroatoms. The molecule has 0 aromatic heterocycles. The van der Waals surface area contributed by atoms with Gasteiger partial charge in [-0.3, -0.25) is 0 Å². The van der Waals surface area contributed by atoms with Crippen LogP contribution in [0.2, 0.25) is 0 Å². The zero-order valence-electron chi connectivity index (χ0n) is 11.9. The van der Waals surface area contributed by atoms with Crippen molar-refractivity contribution in [2.24, 2.45) is 0 Å². The van der Waals surface area contributed by atoms with Crippen molar-refractivity contribution in [1.29, 1.82) is 0 Å². The molecule has 0 spiro atoms. The Morgan fingerprint density at radius 3 is 3.16 bits per heavy atom. The van der Waals surface area contributed by atoms with Crippen LogP contribution < -0.4 is 10.1 Å². The maximum atomic E-state index is 5.83. The minimum Gasteiger partial charge on any atom is -0.491 e. The van der Waals surface area contributed by atoms with Crippen molar-refractivity contribution in [3.8, 4) is 5.75 Å². The number of nitrogens with zero attached hydrogens (tertiary/aromatic N) is 1. The summed E-state index contributed by atoms with van der Waals surface area (Å²) >= 11 is 0. The number of morpholine rings is 1. The maximum Gasteiger partial charge on any atom is 0.119 e. The number of likely N-dealkylation sites (N-methyl/N-ethyl adjacent to an activating group) is 1. The summed E-state index contributed by atoms with van der Waals surface area (Å²) in [5.74, 6) is 0.923. The van der Waals surface area contributed by atoms with Gasteiger partial charge < -0.3 is 19.7 Å². The predicted octanol–water partition coefficient (Wildman–Crippen LogP) is 1.51. The van der Waals surface area contributed by atoms with Crippen molar-refractivity contribution in [3.63, 3.8) is 0 Å². The Balaban J connectivity index is 1.81. The third kappa shape index (κ3) is 4.82. The van der Waals surface area contributed by atoms with Gasteiger partial charge in [0.15, 0.2) is 0 Å². The summed E-state index contributed by atoms with van der Waals surface area (Å²) in [6, 6.07) is 8.24. The fourth-order valence-electron chi connectivity index (χ4n) is 2.17. The van der Waals surface area contributed by atoms with Crippen molar-refractivity contribution in [3.05, 3.63) is 29.8 Å². The quantitative estimate of drug-likeness (QED) is 0.844. The lowest BCUT2D eigenvalue weighted by Crippen LogP contribution is -2.42. The van der Waals surface area contributed by atoms with Crippen LogP contribution in [0.5, 0.6) is 5.75 Å². The van der Waals surface area contributed by atoms with Gasteiger partial charge in [0.1, 0.15) is 18.5 Å². The van der Waals surface area contributed by atoms with E-state index in [1.54, 1.807) is 0 Å². The van der Waals surface area contributed by atoms with Crippen LogP contribution in [0.15, 0.2) is 24.3 Å². The van der Waals surface area contributed by atoms with Gasteiger partial charge in [0, 0.05) is 19.6 Å². The van der Waals surface area contributed by atoms with E-state index in [0.717, 1.165) is 38.5 Å². The first-order chi connectivity index (χ1) is 9.28. The fourth-order valence-corrected chi connectivity index (χ4v) is 2.17. The van der Waals surface area contributed by atoms with E-state index in [-0.39, 0.29) is 6.10 Å². The summed E-state index contributed by atoms with van der Waals surface area (Å²) in [6.07, 6.45) is 0.177. The lowest BCUT2D eigenvalue weighted by molar-refractivity contribution is -0.0403. The highest BCUT2D eigenvalue weighted by Crippen LogP contribution is 2.14. The molecule has 0 amide bonds. The van der Waals surface area contributed by atoms with Crippen LogP contribution in [0.3, 0.4) is 0 Å². The molecule has 1 atom stereocenters. The van der Waals surface area contributed by atoms with Gasteiger partial charge in [-0.2, -0.15) is 0 Å². The van der Waals surface area contributed by atoms with Crippen LogP contribution in [-0.2, 0) is 11.3 Å². The molecule has 4 nitrogen and oxygen atoms in total.